The first-order chi connectivity index (χ1) is 12.4. The first-order valence-electron chi connectivity index (χ1n) is 8.95. The van der Waals surface area contributed by atoms with Crippen molar-refractivity contribution in [1.29, 1.82) is 0 Å². The van der Waals surface area contributed by atoms with Crippen molar-refractivity contribution >= 4 is 10.1 Å². The molecule has 0 spiro atoms. The van der Waals surface area contributed by atoms with Gasteiger partial charge in [-0.25, -0.2) is 0 Å². The average molecular weight is 417 g/mol. The molecule has 0 aliphatic heterocycles. The Kier molecular flexibility index (Phi) is 11.1. The van der Waals surface area contributed by atoms with E-state index in [1.165, 1.54) is 56.0 Å². The van der Waals surface area contributed by atoms with Crippen LogP contribution in [-0.2, 0) is 16.5 Å². The number of rotatable bonds is 10. The molecule has 5 nitrogen and oxygen atoms in total. The molecule has 2 aromatic carbocycles. The molecule has 2 aromatic rings. The van der Waals surface area contributed by atoms with E-state index in [4.69, 9.17) is 9.29 Å². The number of aryl methyl sites for hydroxylation is 1. The van der Waals surface area contributed by atoms with Gasteiger partial charge in [0.2, 0.25) is 0 Å². The van der Waals surface area contributed by atoms with Gasteiger partial charge in [0.05, 0.1) is 4.90 Å². The molecule has 0 aliphatic carbocycles. The van der Waals surface area contributed by atoms with E-state index in [0.717, 1.165) is 24.8 Å². The van der Waals surface area contributed by atoms with Crippen LogP contribution >= 0.6 is 0 Å². The van der Waals surface area contributed by atoms with Gasteiger partial charge in [0.1, 0.15) is 11.5 Å². The van der Waals surface area contributed by atoms with Crippen molar-refractivity contribution in [2.75, 3.05) is 0 Å². The van der Waals surface area contributed by atoms with Crippen molar-refractivity contribution in [2.45, 2.75) is 56.8 Å². The average Bonchev–Trinajstić information content (AvgIpc) is 2.60. The molecule has 0 aliphatic rings. The van der Waals surface area contributed by atoms with Crippen LogP contribution in [-0.4, -0.2) is 13.0 Å². The van der Waals surface area contributed by atoms with Crippen LogP contribution in [0.3, 0.4) is 0 Å². The number of hydrogen-bond donors (Lipinski definition) is 1. The summed E-state index contributed by atoms with van der Waals surface area (Å²) in [5.41, 5.74) is 0.854. The number of hydrogen-bond acceptors (Lipinski definition) is 4. The number of unbranched alkanes of at least 4 members (excludes halogenated alkanes) is 5. The molecule has 2 rings (SSSR count). The van der Waals surface area contributed by atoms with Crippen molar-refractivity contribution in [3.05, 3.63) is 48.0 Å². The molecular formula is C20H25KO5S. The van der Waals surface area contributed by atoms with Gasteiger partial charge in [-0.1, -0.05) is 51.2 Å². The molecule has 0 radical (unpaired) electrons. The Labute approximate surface area is 204 Å². The third kappa shape index (κ3) is 8.64. The molecule has 7 heteroatoms. The molecule has 0 unspecified atom stereocenters. The SMILES string of the molecule is CCCCCCCCc1cc([O-])ccc1Oc1ccc(S(=O)(=O)O)cc1.[K+]. The minimum atomic E-state index is -4.22. The van der Waals surface area contributed by atoms with Crippen molar-refractivity contribution in [2.24, 2.45) is 0 Å². The Morgan fingerprint density at radius 2 is 1.59 bits per heavy atom. The molecule has 27 heavy (non-hydrogen) atoms. The Morgan fingerprint density at radius 1 is 0.963 bits per heavy atom. The van der Waals surface area contributed by atoms with Gasteiger partial charge in [-0.15, -0.1) is 5.75 Å². The third-order valence-electron chi connectivity index (χ3n) is 4.18. The van der Waals surface area contributed by atoms with E-state index in [1.807, 2.05) is 0 Å². The van der Waals surface area contributed by atoms with Crippen LogP contribution in [0.15, 0.2) is 47.4 Å². The molecular weight excluding hydrogens is 391 g/mol. The zero-order valence-electron chi connectivity index (χ0n) is 16.0. The van der Waals surface area contributed by atoms with Crippen molar-refractivity contribution in [3.8, 4) is 17.2 Å². The fourth-order valence-corrected chi connectivity index (χ4v) is 3.23. The molecule has 0 fully saturated rings. The standard InChI is InChI=1S/C20H26O5S.K/c1-2-3-4-5-6-7-8-16-15-17(21)9-14-20(16)25-18-10-12-19(13-11-18)26(22,23)24;/h9-15,21H,2-8H2,1H3,(H,22,23,24);/q;+1/p-1. The van der Waals surface area contributed by atoms with Crippen LogP contribution < -0.4 is 61.2 Å². The summed E-state index contributed by atoms with van der Waals surface area (Å²) in [4.78, 5) is -0.188. The normalized spacial score (nSPS) is 11.0. The fourth-order valence-electron chi connectivity index (χ4n) is 2.75. The first-order valence-corrected chi connectivity index (χ1v) is 10.4. The van der Waals surface area contributed by atoms with Gasteiger partial charge in [-0.2, -0.15) is 8.42 Å². The Hall–Kier alpha value is -0.414. The summed E-state index contributed by atoms with van der Waals surface area (Å²) in [6, 6.07) is 10.2. The second-order valence-corrected chi connectivity index (χ2v) is 7.76. The van der Waals surface area contributed by atoms with E-state index in [-0.39, 0.29) is 62.0 Å². The maximum Gasteiger partial charge on any atom is 1.00 e. The summed E-state index contributed by atoms with van der Waals surface area (Å²) in [7, 11) is -4.22. The predicted molar refractivity (Wildman–Crippen MR) is 99.3 cm³/mol. The number of benzene rings is 2. The molecule has 0 saturated carbocycles. The van der Waals surface area contributed by atoms with Crippen LogP contribution in [0.2, 0.25) is 0 Å². The quantitative estimate of drug-likeness (QED) is 0.362. The van der Waals surface area contributed by atoms with Crippen molar-refractivity contribution < 1.29 is 74.2 Å². The number of ether oxygens (including phenoxy) is 1. The van der Waals surface area contributed by atoms with Crippen LogP contribution in [0.5, 0.6) is 17.2 Å². The van der Waals surface area contributed by atoms with Crippen molar-refractivity contribution in [1.82, 2.24) is 0 Å². The van der Waals surface area contributed by atoms with E-state index in [9.17, 15) is 13.5 Å². The molecule has 0 saturated heterocycles. The van der Waals surface area contributed by atoms with Gasteiger partial charge in [-0.3, -0.25) is 4.55 Å². The summed E-state index contributed by atoms with van der Waals surface area (Å²) in [5, 5.41) is 11.7. The summed E-state index contributed by atoms with van der Waals surface area (Å²) >= 11 is 0. The van der Waals surface area contributed by atoms with Gasteiger partial charge >= 0.3 is 51.4 Å². The van der Waals surface area contributed by atoms with Crippen molar-refractivity contribution in [3.63, 3.8) is 0 Å². The van der Waals surface area contributed by atoms with Gasteiger partial charge in [0, 0.05) is 0 Å². The smallest absolute Gasteiger partial charge is 0.872 e. The third-order valence-corrected chi connectivity index (χ3v) is 5.05. The molecule has 0 atom stereocenters. The second kappa shape index (κ2) is 12.2. The van der Waals surface area contributed by atoms with Gasteiger partial charge in [0.15, 0.2) is 0 Å². The molecule has 0 heterocycles. The van der Waals surface area contributed by atoms with E-state index in [1.54, 1.807) is 12.1 Å². The first kappa shape index (κ1) is 24.6. The van der Waals surface area contributed by atoms with Crippen LogP contribution in [0.4, 0.5) is 0 Å². The fraction of sp³-hybridized carbons (Fsp3) is 0.400. The summed E-state index contributed by atoms with van der Waals surface area (Å²) in [5.74, 6) is 0.984. The minimum absolute atomic E-state index is 0. The predicted octanol–water partition coefficient (Wildman–Crippen LogP) is 1.71. The van der Waals surface area contributed by atoms with Gasteiger partial charge < -0.3 is 9.84 Å². The minimum Gasteiger partial charge on any atom is -0.872 e. The molecule has 0 bridgehead atoms. The summed E-state index contributed by atoms with van der Waals surface area (Å²) < 4.78 is 37.0. The van der Waals surface area contributed by atoms with E-state index in [2.05, 4.69) is 6.92 Å². The maximum atomic E-state index is 11.7. The largest absolute Gasteiger partial charge is 1.00 e. The zero-order chi connectivity index (χ0) is 19.0. The van der Waals surface area contributed by atoms with Gasteiger partial charge in [-0.05, 0) is 48.7 Å². The molecule has 142 valence electrons. The zero-order valence-corrected chi connectivity index (χ0v) is 19.9. The Balaban J connectivity index is 0.00000364. The van der Waals surface area contributed by atoms with Gasteiger partial charge in [0.25, 0.3) is 10.1 Å². The monoisotopic (exact) mass is 416 g/mol. The Bertz CT molecular complexity index is 804. The Morgan fingerprint density at radius 3 is 2.22 bits per heavy atom. The molecule has 0 amide bonds. The van der Waals surface area contributed by atoms with E-state index < -0.39 is 10.1 Å². The maximum absolute atomic E-state index is 11.7. The molecule has 0 aromatic heterocycles. The van der Waals surface area contributed by atoms with E-state index in [0.29, 0.717) is 11.5 Å². The topological polar surface area (TPSA) is 86.7 Å². The van der Waals surface area contributed by atoms with E-state index >= 15 is 0 Å². The summed E-state index contributed by atoms with van der Waals surface area (Å²) in [6.07, 6.45) is 7.77. The molecule has 1 N–H and O–H groups in total. The summed E-state index contributed by atoms with van der Waals surface area (Å²) in [6.45, 7) is 2.19. The van der Waals surface area contributed by atoms with Crippen LogP contribution in [0.1, 0.15) is 51.0 Å². The second-order valence-electron chi connectivity index (χ2n) is 6.34. The van der Waals surface area contributed by atoms with Crippen LogP contribution in [0.25, 0.3) is 0 Å². The van der Waals surface area contributed by atoms with Crippen LogP contribution in [0, 0.1) is 0 Å².